The first-order valence-corrected chi connectivity index (χ1v) is 7.22. The number of hydrogen-bond acceptors (Lipinski definition) is 6. The van der Waals surface area contributed by atoms with Crippen molar-refractivity contribution in [2.45, 2.75) is 6.42 Å². The van der Waals surface area contributed by atoms with Gasteiger partial charge >= 0.3 is 5.97 Å². The van der Waals surface area contributed by atoms with Crippen LogP contribution in [0.25, 0.3) is 0 Å². The summed E-state index contributed by atoms with van der Waals surface area (Å²) in [5.41, 5.74) is 0.544. The van der Waals surface area contributed by atoms with Crippen molar-refractivity contribution in [3.63, 3.8) is 0 Å². The van der Waals surface area contributed by atoms with Crippen molar-refractivity contribution in [3.05, 3.63) is 40.6 Å². The Morgan fingerprint density at radius 3 is 2.50 bits per heavy atom. The Labute approximate surface area is 136 Å². The highest BCUT2D eigenvalue weighted by Gasteiger charge is 2.36. The Hall–Kier alpha value is -3.17. The fourth-order valence-electron chi connectivity index (χ4n) is 2.64. The predicted octanol–water partition coefficient (Wildman–Crippen LogP) is 0.456. The summed E-state index contributed by atoms with van der Waals surface area (Å²) in [5, 5.41) is 25.1. The van der Waals surface area contributed by atoms with Gasteiger partial charge in [-0.3, -0.25) is 14.4 Å². The molecule has 2 aliphatic rings. The van der Waals surface area contributed by atoms with Gasteiger partial charge in [-0.05, 0) is 18.6 Å². The van der Waals surface area contributed by atoms with E-state index in [4.69, 9.17) is 9.94 Å². The SMILES string of the molecule is O=C(O)C1CCN([N+]([O-])=NOCN2C(=O)c3ccccc3C2=O)C1. The molecule has 0 aromatic heterocycles. The van der Waals surface area contributed by atoms with E-state index in [0.29, 0.717) is 6.42 Å². The molecule has 24 heavy (non-hydrogen) atoms. The van der Waals surface area contributed by atoms with E-state index in [1.807, 2.05) is 0 Å². The quantitative estimate of drug-likeness (QED) is 0.359. The number of carboxylic acid groups (broad SMARTS) is 1. The number of fused-ring (bicyclic) bond motifs is 1. The lowest BCUT2D eigenvalue weighted by Crippen LogP contribution is -2.33. The number of carboxylic acids is 1. The Morgan fingerprint density at radius 2 is 1.96 bits per heavy atom. The number of hydrazine groups is 1. The van der Waals surface area contributed by atoms with Gasteiger partial charge in [0.25, 0.3) is 11.8 Å². The third kappa shape index (κ3) is 2.73. The van der Waals surface area contributed by atoms with E-state index < -0.39 is 30.4 Å². The first-order valence-electron chi connectivity index (χ1n) is 7.22. The molecule has 10 heteroatoms. The number of aliphatic carboxylic acids is 1. The van der Waals surface area contributed by atoms with Gasteiger partial charge in [0.05, 0.1) is 35.1 Å². The fraction of sp³-hybridized carbons (Fsp3) is 0.357. The second kappa shape index (κ2) is 6.14. The van der Waals surface area contributed by atoms with E-state index in [0.717, 1.165) is 4.90 Å². The van der Waals surface area contributed by atoms with Crippen molar-refractivity contribution < 1.29 is 29.3 Å². The summed E-state index contributed by atoms with van der Waals surface area (Å²) in [5.74, 6) is -2.64. The molecule has 126 valence electrons. The molecule has 2 aliphatic heterocycles. The van der Waals surface area contributed by atoms with Crippen LogP contribution in [0.1, 0.15) is 27.1 Å². The Balaban J connectivity index is 1.58. The molecule has 1 atom stereocenters. The lowest BCUT2D eigenvalue weighted by molar-refractivity contribution is -0.708. The van der Waals surface area contributed by atoms with Gasteiger partial charge in [-0.1, -0.05) is 12.1 Å². The van der Waals surface area contributed by atoms with Crippen molar-refractivity contribution in [1.82, 2.24) is 9.91 Å². The average molecular weight is 334 g/mol. The minimum atomic E-state index is -0.974. The number of hydrogen-bond donors (Lipinski definition) is 1. The molecular weight excluding hydrogens is 320 g/mol. The number of carbonyl (C=O) groups excluding carboxylic acids is 2. The molecule has 1 N–H and O–H groups in total. The standard InChI is InChI=1S/C14H14N4O6/c19-12-10-3-1-2-4-11(10)13(20)17(12)8-24-15-18(23)16-6-5-9(7-16)14(21)22/h1-4,9H,5-8H2,(H,21,22). The van der Waals surface area contributed by atoms with Crippen LogP contribution < -0.4 is 0 Å². The first kappa shape index (κ1) is 15.7. The molecule has 0 aliphatic carbocycles. The van der Waals surface area contributed by atoms with Crippen LogP contribution in [-0.4, -0.2) is 57.6 Å². The Kier molecular flexibility index (Phi) is 4.02. The maximum atomic E-state index is 12.1. The maximum Gasteiger partial charge on any atom is 0.308 e. The van der Waals surface area contributed by atoms with Crippen LogP contribution in [0.4, 0.5) is 0 Å². The fourth-order valence-corrected chi connectivity index (χ4v) is 2.64. The lowest BCUT2D eigenvalue weighted by Gasteiger charge is -2.13. The zero-order valence-corrected chi connectivity index (χ0v) is 12.5. The molecule has 1 aromatic rings. The van der Waals surface area contributed by atoms with Gasteiger partial charge in [0.2, 0.25) is 12.0 Å². The number of amides is 2. The van der Waals surface area contributed by atoms with Crippen LogP contribution in [0.2, 0.25) is 0 Å². The van der Waals surface area contributed by atoms with E-state index in [2.05, 4.69) is 5.28 Å². The van der Waals surface area contributed by atoms with E-state index in [1.54, 1.807) is 12.1 Å². The molecule has 1 fully saturated rings. The van der Waals surface area contributed by atoms with Crippen molar-refractivity contribution >= 4 is 17.8 Å². The number of imide groups is 1. The molecule has 2 amide bonds. The molecular formula is C14H14N4O6. The monoisotopic (exact) mass is 334 g/mol. The number of carbonyl (C=O) groups is 3. The summed E-state index contributed by atoms with van der Waals surface area (Å²) in [6.45, 7) is -0.236. The van der Waals surface area contributed by atoms with Gasteiger partial charge in [-0.2, -0.15) is 0 Å². The topological polar surface area (TPSA) is 126 Å². The molecule has 0 spiro atoms. The van der Waals surface area contributed by atoms with Crippen LogP contribution >= 0.6 is 0 Å². The Bertz CT molecular complexity index is 699. The van der Waals surface area contributed by atoms with E-state index in [9.17, 15) is 19.6 Å². The predicted molar refractivity (Wildman–Crippen MR) is 76.3 cm³/mol. The van der Waals surface area contributed by atoms with Crippen LogP contribution in [0.15, 0.2) is 29.5 Å². The third-order valence-electron chi connectivity index (χ3n) is 3.95. The summed E-state index contributed by atoms with van der Waals surface area (Å²) in [4.78, 5) is 40.8. The highest BCUT2D eigenvalue weighted by atomic mass is 16.7. The normalized spacial score (nSPS) is 20.5. The highest BCUT2D eigenvalue weighted by molar-refractivity contribution is 6.21. The molecule has 1 unspecified atom stereocenters. The zero-order chi connectivity index (χ0) is 17.3. The van der Waals surface area contributed by atoms with E-state index in [-0.39, 0.29) is 29.2 Å². The van der Waals surface area contributed by atoms with Gasteiger partial charge in [0.15, 0.2) is 0 Å². The zero-order valence-electron chi connectivity index (χ0n) is 12.5. The second-order valence-electron chi connectivity index (χ2n) is 5.41. The minimum Gasteiger partial charge on any atom is -0.569 e. The largest absolute Gasteiger partial charge is 0.569 e. The number of rotatable bonds is 5. The third-order valence-corrected chi connectivity index (χ3v) is 3.95. The maximum absolute atomic E-state index is 12.1. The molecule has 10 nitrogen and oxygen atoms in total. The van der Waals surface area contributed by atoms with Crippen molar-refractivity contribution in [2.75, 3.05) is 19.8 Å². The van der Waals surface area contributed by atoms with Gasteiger partial charge in [0.1, 0.15) is 0 Å². The van der Waals surface area contributed by atoms with Crippen molar-refractivity contribution in [1.29, 1.82) is 0 Å². The highest BCUT2D eigenvalue weighted by Crippen LogP contribution is 2.22. The summed E-state index contributed by atoms with van der Waals surface area (Å²) in [7, 11) is 0. The minimum absolute atomic E-state index is 0.0265. The summed E-state index contributed by atoms with van der Waals surface area (Å²) < 4.78 is 0. The van der Waals surface area contributed by atoms with Crippen LogP contribution in [-0.2, 0) is 9.63 Å². The molecule has 1 aromatic carbocycles. The molecule has 0 radical (unpaired) electrons. The molecule has 0 saturated carbocycles. The van der Waals surface area contributed by atoms with Gasteiger partial charge in [-0.25, -0.2) is 4.90 Å². The van der Waals surface area contributed by atoms with Crippen molar-refractivity contribution in [2.24, 2.45) is 11.2 Å². The van der Waals surface area contributed by atoms with Crippen molar-refractivity contribution in [3.8, 4) is 0 Å². The number of benzene rings is 1. The van der Waals surface area contributed by atoms with Gasteiger partial charge < -0.3 is 15.2 Å². The summed E-state index contributed by atoms with van der Waals surface area (Å²) >= 11 is 0. The second-order valence-corrected chi connectivity index (χ2v) is 5.41. The van der Waals surface area contributed by atoms with Crippen LogP contribution in [0.5, 0.6) is 0 Å². The molecule has 2 heterocycles. The lowest BCUT2D eigenvalue weighted by atomic mass is 10.1. The van der Waals surface area contributed by atoms with E-state index in [1.165, 1.54) is 17.1 Å². The van der Waals surface area contributed by atoms with Crippen LogP contribution in [0, 0.1) is 11.1 Å². The molecule has 0 bridgehead atoms. The smallest absolute Gasteiger partial charge is 0.308 e. The summed E-state index contributed by atoms with van der Waals surface area (Å²) in [6.07, 6.45) is 0.335. The molecule has 3 rings (SSSR count). The summed E-state index contributed by atoms with van der Waals surface area (Å²) in [6, 6.07) is 6.35. The Morgan fingerprint density at radius 1 is 1.33 bits per heavy atom. The van der Waals surface area contributed by atoms with Gasteiger partial charge in [0, 0.05) is 0 Å². The number of nitrogens with zero attached hydrogens (tertiary/aromatic N) is 4. The average Bonchev–Trinajstić information content (AvgIpc) is 3.15. The van der Waals surface area contributed by atoms with Crippen LogP contribution in [0.3, 0.4) is 0 Å². The molecule has 1 saturated heterocycles. The van der Waals surface area contributed by atoms with E-state index >= 15 is 0 Å². The van der Waals surface area contributed by atoms with Gasteiger partial charge in [-0.15, -0.1) is 5.01 Å². The first-order chi connectivity index (χ1) is 11.5.